The van der Waals surface area contributed by atoms with E-state index in [1.165, 1.54) is 23.8 Å². The molecule has 450 valence electrons. The van der Waals surface area contributed by atoms with E-state index in [1.54, 1.807) is 67.0 Å². The number of rotatable bonds is 6. The van der Waals surface area contributed by atoms with Crippen LogP contribution in [0.1, 0.15) is 105 Å². The molecule has 4 unspecified atom stereocenters. The molecule has 8 aliphatic rings. The number of phenolic OH excluding ortho intramolecular Hbond substituents is 2. The Kier molecular flexibility index (Phi) is 16.5. The monoisotopic (exact) mass is 1360 g/mol. The van der Waals surface area contributed by atoms with Crippen LogP contribution < -0.4 is 47.3 Å². The summed E-state index contributed by atoms with van der Waals surface area (Å²) in [7, 11) is 0. The molecule has 0 saturated carbocycles. The van der Waals surface area contributed by atoms with E-state index < -0.39 is 18.7 Å². The summed E-state index contributed by atoms with van der Waals surface area (Å²) < 4.78 is 30.2. The van der Waals surface area contributed by atoms with Gasteiger partial charge in [-0.1, -0.05) is 162 Å². The first kappa shape index (κ1) is 60.2. The number of pyridine rings is 1. The molecule has 0 amide bonds. The normalized spacial score (nSPS) is 19.2. The van der Waals surface area contributed by atoms with Gasteiger partial charge < -0.3 is 57.5 Å². The molecule has 8 aromatic rings. The third-order valence-corrected chi connectivity index (χ3v) is 18.0. The van der Waals surface area contributed by atoms with Crippen molar-refractivity contribution in [1.29, 1.82) is 0 Å². The van der Waals surface area contributed by atoms with Gasteiger partial charge in [-0.05, 0) is 114 Å². The van der Waals surface area contributed by atoms with Gasteiger partial charge in [0.25, 0.3) is 0 Å². The summed E-state index contributed by atoms with van der Waals surface area (Å²) in [6.45, 7) is -2.91. The second-order valence-electron chi connectivity index (χ2n) is 21.3. The molecular weight excluding hydrogens is 1320 g/mol. The number of benzene rings is 7. The van der Waals surface area contributed by atoms with E-state index in [0.717, 1.165) is 59.7 Å². The van der Waals surface area contributed by atoms with Gasteiger partial charge in [0.2, 0.25) is 0 Å². The quantitative estimate of drug-likeness (QED) is 0.0702. The standard InChI is InChI=1S/C18H12F2N2O2S.C17H11BrN2O3S.C17H12N2S2.C16H11N3OS/c19-17(20)24-10-5-3-4-9(8-10)14-13-15(22-18(25)21-14)11-6-1-2-7-12(11)16(13)23;18-10-5-4-7(21)6-9(10)15-13-14(19-17(24)20-15)8-2-1-3-11(22)12(8)16(13)23;20-16-12-9-5-4-8-11(12)15-13(16)14(18-17(21)19-15)10-6-2-1-3-7-10;20-15-11-6-2-1-5-10(11)14-12(15)13(18-16(21)19-14)9-4-3-7-17-8-9/h1-8,14,17H,(H2,21,22,25);1-6,15,21-22H,(H2,19,20,24);1-9,14H,(H2,18,19,21);1-8,13H,(H2,18,19,21). The first-order valence-electron chi connectivity index (χ1n) is 28.1. The van der Waals surface area contributed by atoms with Crippen LogP contribution in [0.25, 0.3) is 22.8 Å². The van der Waals surface area contributed by atoms with Crippen molar-refractivity contribution in [3.05, 3.63) is 282 Å². The molecule has 4 atom stereocenters. The van der Waals surface area contributed by atoms with Gasteiger partial charge in [-0.3, -0.25) is 19.4 Å². The molecule has 4 aliphatic heterocycles. The van der Waals surface area contributed by atoms with E-state index in [4.69, 9.17) is 61.1 Å². The van der Waals surface area contributed by atoms with Crippen LogP contribution >= 0.6 is 77.0 Å². The average molecular weight is 1360 g/mol. The number of phenols is 2. The molecular formula is C68H46BrF2N9O6S5. The summed E-state index contributed by atoms with van der Waals surface area (Å²) in [5.41, 5.74) is 15.5. The van der Waals surface area contributed by atoms with Gasteiger partial charge in [0.15, 0.2) is 37.8 Å². The van der Waals surface area contributed by atoms with E-state index in [2.05, 4.69) is 92.5 Å². The molecule has 23 heteroatoms. The van der Waals surface area contributed by atoms with E-state index >= 15 is 0 Å². The highest BCUT2D eigenvalue weighted by atomic mass is 79.9. The largest absolute Gasteiger partial charge is 0.508 e. The van der Waals surface area contributed by atoms with Crippen LogP contribution in [0, 0.1) is 0 Å². The van der Waals surface area contributed by atoms with Crippen LogP contribution in [0.5, 0.6) is 17.2 Å². The van der Waals surface area contributed by atoms with E-state index in [9.17, 15) is 33.4 Å². The van der Waals surface area contributed by atoms with Crippen LogP contribution in [0.3, 0.4) is 0 Å². The number of ketones is 3. The van der Waals surface area contributed by atoms with Gasteiger partial charge in [-0.25, -0.2) is 0 Å². The first-order chi connectivity index (χ1) is 44.0. The molecule has 10 N–H and O–H groups in total. The number of carbonyl (C=O) groups is 3. The lowest BCUT2D eigenvalue weighted by Crippen LogP contribution is -2.43. The van der Waals surface area contributed by atoms with Gasteiger partial charge in [-0.15, -0.1) is 0 Å². The SMILES string of the molecule is O=C1C2=C(NC(=S)NC2c2cc(O)ccc2Br)c2cccc(O)c21.O=C1C2=C(NC(=S)NC2c2cccc(OC(F)F)c2)c2ccccc21.O=C1C2=C(NC(=S)NC2c2cccnc2)c2ccccc21.S=C1NC2=C(C(=S)c3ccccc32)C(c2ccccc2)N1. The minimum Gasteiger partial charge on any atom is -0.508 e. The smallest absolute Gasteiger partial charge is 0.387 e. The maximum atomic E-state index is 12.9. The Morgan fingerprint density at radius 1 is 0.451 bits per heavy atom. The molecule has 7 aromatic carbocycles. The molecule has 1 aromatic heterocycles. The highest BCUT2D eigenvalue weighted by Gasteiger charge is 2.43. The van der Waals surface area contributed by atoms with Gasteiger partial charge in [0.05, 0.1) is 74.1 Å². The van der Waals surface area contributed by atoms with Crippen molar-refractivity contribution in [2.24, 2.45) is 0 Å². The topological polar surface area (TPSA) is 210 Å². The van der Waals surface area contributed by atoms with E-state index in [-0.39, 0.29) is 52.2 Å². The number of ether oxygens (including phenoxy) is 1. The minimum absolute atomic E-state index is 0.00912. The van der Waals surface area contributed by atoms with Gasteiger partial charge in [0, 0.05) is 61.4 Å². The molecule has 0 spiro atoms. The van der Waals surface area contributed by atoms with Crippen molar-refractivity contribution in [2.75, 3.05) is 0 Å². The van der Waals surface area contributed by atoms with Crippen molar-refractivity contribution in [3.8, 4) is 17.2 Å². The number of nitrogens with zero attached hydrogens (tertiary/aromatic N) is 1. The number of Topliss-reactive ketones (excluding diaryl/α,β-unsaturated/α-hetero) is 3. The van der Waals surface area contributed by atoms with Crippen LogP contribution in [-0.4, -0.2) is 64.5 Å². The number of thiocarbonyl (C=S) groups is 5. The van der Waals surface area contributed by atoms with Crippen molar-refractivity contribution in [1.82, 2.24) is 47.5 Å². The number of hydrogen-bond donors (Lipinski definition) is 10. The molecule has 0 fully saturated rings. The summed E-state index contributed by atoms with van der Waals surface area (Å²) in [5.74, 6) is -0.277. The lowest BCUT2D eigenvalue weighted by atomic mass is 9.94. The van der Waals surface area contributed by atoms with Crippen molar-refractivity contribution in [2.45, 2.75) is 30.8 Å². The van der Waals surface area contributed by atoms with Crippen LogP contribution in [0.4, 0.5) is 8.78 Å². The number of aromatic nitrogens is 1. The third-order valence-electron chi connectivity index (χ3n) is 16.0. The summed E-state index contributed by atoms with van der Waals surface area (Å²) in [6.07, 6.45) is 3.47. The van der Waals surface area contributed by atoms with E-state index in [0.29, 0.717) is 70.8 Å². The zero-order valence-electron chi connectivity index (χ0n) is 46.9. The first-order valence-corrected chi connectivity index (χ1v) is 30.9. The summed E-state index contributed by atoms with van der Waals surface area (Å²) in [4.78, 5) is 43.5. The minimum atomic E-state index is -2.91. The number of aromatic hydroxyl groups is 2. The number of alkyl halides is 2. The molecule has 16 rings (SSSR count). The second kappa shape index (κ2) is 24.9. The average Bonchev–Trinajstić information content (AvgIpc) is 1.68. The number of fused-ring (bicyclic) bond motifs is 8. The van der Waals surface area contributed by atoms with Crippen molar-refractivity contribution < 1.29 is 38.1 Å². The van der Waals surface area contributed by atoms with Crippen molar-refractivity contribution in [3.63, 3.8) is 0 Å². The van der Waals surface area contributed by atoms with E-state index in [1.807, 2.05) is 78.9 Å². The summed E-state index contributed by atoms with van der Waals surface area (Å²) in [5, 5.41) is 46.9. The fourth-order valence-electron chi connectivity index (χ4n) is 12.1. The Morgan fingerprint density at radius 2 is 0.901 bits per heavy atom. The summed E-state index contributed by atoms with van der Waals surface area (Å²) in [6, 6.07) is 51.9. The third kappa shape index (κ3) is 11.3. The van der Waals surface area contributed by atoms with Gasteiger partial charge >= 0.3 is 6.61 Å². The molecule has 0 bridgehead atoms. The predicted octanol–water partition coefficient (Wildman–Crippen LogP) is 12.0. The highest BCUT2D eigenvalue weighted by Crippen LogP contribution is 2.46. The second-order valence-corrected chi connectivity index (χ2v) is 24.2. The zero-order valence-corrected chi connectivity index (χ0v) is 52.6. The zero-order chi connectivity index (χ0) is 63.4. The Balaban J connectivity index is 0.000000111. The molecule has 91 heavy (non-hydrogen) atoms. The highest BCUT2D eigenvalue weighted by molar-refractivity contribution is 9.10. The molecule has 5 heterocycles. The Morgan fingerprint density at radius 3 is 1.47 bits per heavy atom. The lowest BCUT2D eigenvalue weighted by Gasteiger charge is -2.29. The Hall–Kier alpha value is -9.75. The van der Waals surface area contributed by atoms with Crippen LogP contribution in [0.2, 0.25) is 0 Å². The maximum absolute atomic E-state index is 12.9. The maximum Gasteiger partial charge on any atom is 0.387 e. The molecule has 0 saturated heterocycles. The fraction of sp³-hybridized carbons (Fsp3) is 0.0735. The van der Waals surface area contributed by atoms with Gasteiger partial charge in [-0.2, -0.15) is 8.78 Å². The van der Waals surface area contributed by atoms with Gasteiger partial charge in [0.1, 0.15) is 17.2 Å². The van der Waals surface area contributed by atoms with Crippen LogP contribution in [-0.2, 0) is 0 Å². The predicted molar refractivity (Wildman–Crippen MR) is 366 cm³/mol. The molecule has 0 radical (unpaired) electrons. The summed E-state index contributed by atoms with van der Waals surface area (Å²) >= 11 is 30.4. The van der Waals surface area contributed by atoms with Crippen molar-refractivity contribution >= 4 is 142 Å². The molecule has 4 aliphatic carbocycles. The number of hydrogen-bond acceptors (Lipinski definition) is 12. The fourth-order valence-corrected chi connectivity index (χ4v) is 13.9. The number of nitrogens with one attached hydrogen (secondary N) is 8. The number of halogens is 3. The van der Waals surface area contributed by atoms with Crippen LogP contribution in [0.15, 0.2) is 215 Å². The number of carbonyl (C=O) groups excluding carboxylic acids is 3. The Bertz CT molecular complexity index is 4500. The molecule has 15 nitrogen and oxygen atoms in total. The Labute approximate surface area is 554 Å². The lowest BCUT2D eigenvalue weighted by molar-refractivity contribution is -0.0499.